The second-order valence-electron chi connectivity index (χ2n) is 11.0. The zero-order chi connectivity index (χ0) is 26.2. The highest BCUT2D eigenvalue weighted by molar-refractivity contribution is 8.04. The maximum atomic E-state index is 13.4. The molecule has 0 aromatic heterocycles. The van der Waals surface area contributed by atoms with Crippen LogP contribution in [0.5, 0.6) is 0 Å². The third-order valence-electron chi connectivity index (χ3n) is 8.28. The van der Waals surface area contributed by atoms with Gasteiger partial charge in [0, 0.05) is 17.8 Å². The van der Waals surface area contributed by atoms with Crippen LogP contribution in [0.25, 0.3) is 6.08 Å². The number of nitrogens with one attached hydrogen (secondary N) is 1. The molecular formula is C32H41N3O2S. The quantitative estimate of drug-likeness (QED) is 0.349. The van der Waals surface area contributed by atoms with Crippen molar-refractivity contribution in [2.75, 3.05) is 32.7 Å². The van der Waals surface area contributed by atoms with Gasteiger partial charge < -0.3 is 15.1 Å². The molecule has 5 rings (SSSR count). The molecule has 2 unspecified atom stereocenters. The molecule has 38 heavy (non-hydrogen) atoms. The van der Waals surface area contributed by atoms with E-state index in [9.17, 15) is 9.59 Å². The SMILES string of the molecule is O=C(CN1C(=O)/C(=C/c2ccccc2)SC2CCCCC21)NCCCN1CCC(Cc2ccccc2)CC1. The van der Waals surface area contributed by atoms with Crippen LogP contribution < -0.4 is 5.32 Å². The van der Waals surface area contributed by atoms with E-state index < -0.39 is 0 Å². The Hall–Kier alpha value is -2.57. The molecule has 1 aliphatic carbocycles. The van der Waals surface area contributed by atoms with Gasteiger partial charge in [-0.25, -0.2) is 0 Å². The van der Waals surface area contributed by atoms with Crippen molar-refractivity contribution in [3.63, 3.8) is 0 Å². The van der Waals surface area contributed by atoms with E-state index in [-0.39, 0.29) is 24.4 Å². The number of fused-ring (bicyclic) bond motifs is 1. The first kappa shape index (κ1) is 27.0. The number of rotatable bonds is 9. The van der Waals surface area contributed by atoms with Gasteiger partial charge in [0.15, 0.2) is 0 Å². The molecule has 3 fully saturated rings. The number of benzene rings is 2. The Morgan fingerprint density at radius 1 is 0.947 bits per heavy atom. The minimum absolute atomic E-state index is 0.00975. The molecule has 3 aliphatic rings. The van der Waals surface area contributed by atoms with Crippen molar-refractivity contribution in [2.45, 2.75) is 62.7 Å². The van der Waals surface area contributed by atoms with Crippen molar-refractivity contribution in [3.05, 3.63) is 76.7 Å². The third kappa shape index (κ3) is 7.29. The van der Waals surface area contributed by atoms with Gasteiger partial charge in [0.1, 0.15) is 6.54 Å². The van der Waals surface area contributed by atoms with Gasteiger partial charge in [0.25, 0.3) is 5.91 Å². The van der Waals surface area contributed by atoms with Crippen molar-refractivity contribution < 1.29 is 9.59 Å². The van der Waals surface area contributed by atoms with E-state index in [1.54, 1.807) is 11.8 Å². The maximum absolute atomic E-state index is 13.4. The van der Waals surface area contributed by atoms with Crippen molar-refractivity contribution >= 4 is 29.7 Å². The van der Waals surface area contributed by atoms with Crippen LogP contribution in [-0.4, -0.2) is 65.6 Å². The lowest BCUT2D eigenvalue weighted by Gasteiger charge is -2.43. The largest absolute Gasteiger partial charge is 0.355 e. The van der Waals surface area contributed by atoms with E-state index in [4.69, 9.17) is 0 Å². The molecule has 2 aliphatic heterocycles. The highest BCUT2D eigenvalue weighted by Gasteiger charge is 2.41. The van der Waals surface area contributed by atoms with Crippen LogP contribution in [0.4, 0.5) is 0 Å². The summed E-state index contributed by atoms with van der Waals surface area (Å²) in [6.07, 6.45) is 11.1. The molecule has 6 heteroatoms. The van der Waals surface area contributed by atoms with Crippen LogP contribution in [-0.2, 0) is 16.0 Å². The number of thioether (sulfide) groups is 1. The van der Waals surface area contributed by atoms with E-state index in [0.29, 0.717) is 11.8 Å². The Morgan fingerprint density at radius 3 is 2.42 bits per heavy atom. The minimum Gasteiger partial charge on any atom is -0.355 e. The standard InChI is InChI=1S/C32H41N3O2S/c36-31(33-18-9-19-34-20-16-27(17-21-34)22-25-10-3-1-4-11-25)24-35-28-14-7-8-15-29(28)38-30(32(35)37)23-26-12-5-2-6-13-26/h1-6,10-13,23,27-29H,7-9,14-22,24H2,(H,33,36)/b30-23-. The average Bonchev–Trinajstić information content (AvgIpc) is 2.95. The normalized spacial score (nSPS) is 23.8. The highest BCUT2D eigenvalue weighted by Crippen LogP contribution is 2.42. The topological polar surface area (TPSA) is 52.7 Å². The average molecular weight is 532 g/mol. The van der Waals surface area contributed by atoms with Crippen LogP contribution in [0.2, 0.25) is 0 Å². The molecule has 5 nitrogen and oxygen atoms in total. The van der Waals surface area contributed by atoms with Gasteiger partial charge in [-0.15, -0.1) is 11.8 Å². The summed E-state index contributed by atoms with van der Waals surface area (Å²) in [5.74, 6) is 0.753. The fourth-order valence-corrected chi connectivity index (χ4v) is 7.64. The number of hydrogen-bond acceptors (Lipinski definition) is 4. The van der Waals surface area contributed by atoms with Crippen LogP contribution in [0.15, 0.2) is 65.6 Å². The summed E-state index contributed by atoms with van der Waals surface area (Å²) in [7, 11) is 0. The molecule has 0 bridgehead atoms. The van der Waals surface area contributed by atoms with Crippen molar-refractivity contribution in [1.29, 1.82) is 0 Å². The van der Waals surface area contributed by atoms with Crippen LogP contribution in [0, 0.1) is 5.92 Å². The minimum atomic E-state index is -0.0322. The summed E-state index contributed by atoms with van der Waals surface area (Å²) in [6.45, 7) is 4.14. The first-order chi connectivity index (χ1) is 18.7. The van der Waals surface area contributed by atoms with Gasteiger partial charge >= 0.3 is 0 Å². The second kappa shape index (κ2) is 13.5. The summed E-state index contributed by atoms with van der Waals surface area (Å²) >= 11 is 1.72. The Bertz CT molecular complexity index is 1080. The van der Waals surface area contributed by atoms with Gasteiger partial charge in [-0.2, -0.15) is 0 Å². The fourth-order valence-electron chi connectivity index (χ4n) is 6.17. The predicted octanol–water partition coefficient (Wildman–Crippen LogP) is 5.38. The number of nitrogens with zero attached hydrogens (tertiary/aromatic N) is 2. The highest BCUT2D eigenvalue weighted by atomic mass is 32.2. The van der Waals surface area contributed by atoms with Gasteiger partial charge in [0.05, 0.1) is 4.91 Å². The Balaban J connectivity index is 1.06. The smallest absolute Gasteiger partial charge is 0.261 e. The third-order valence-corrected chi connectivity index (χ3v) is 9.68. The zero-order valence-corrected chi connectivity index (χ0v) is 23.2. The van der Waals surface area contributed by atoms with Crippen LogP contribution in [0.3, 0.4) is 0 Å². The van der Waals surface area contributed by atoms with Crippen molar-refractivity contribution in [3.8, 4) is 0 Å². The van der Waals surface area contributed by atoms with E-state index >= 15 is 0 Å². The number of hydrogen-bond donors (Lipinski definition) is 1. The summed E-state index contributed by atoms with van der Waals surface area (Å²) in [5.41, 5.74) is 2.48. The molecule has 2 aromatic carbocycles. The lowest BCUT2D eigenvalue weighted by molar-refractivity contribution is -0.135. The number of carbonyl (C=O) groups excluding carboxylic acids is 2. The summed E-state index contributed by atoms with van der Waals surface area (Å²) in [5, 5.41) is 3.49. The van der Waals surface area contributed by atoms with E-state index in [1.165, 1.54) is 31.2 Å². The van der Waals surface area contributed by atoms with Gasteiger partial charge in [-0.05, 0) is 81.3 Å². The van der Waals surface area contributed by atoms with Gasteiger partial charge in [0.2, 0.25) is 5.91 Å². The van der Waals surface area contributed by atoms with Crippen LogP contribution >= 0.6 is 11.8 Å². The number of carbonyl (C=O) groups is 2. The second-order valence-corrected chi connectivity index (χ2v) is 12.3. The maximum Gasteiger partial charge on any atom is 0.261 e. The molecule has 0 spiro atoms. The molecule has 2 amide bonds. The first-order valence-corrected chi connectivity index (χ1v) is 15.3. The lowest BCUT2D eigenvalue weighted by Crippen LogP contribution is -2.54. The number of amides is 2. The van der Waals surface area contributed by atoms with Crippen molar-refractivity contribution in [2.24, 2.45) is 5.92 Å². The van der Waals surface area contributed by atoms with E-state index in [1.807, 2.05) is 41.3 Å². The van der Waals surface area contributed by atoms with Gasteiger partial charge in [-0.1, -0.05) is 73.5 Å². The lowest BCUT2D eigenvalue weighted by atomic mass is 9.90. The summed E-state index contributed by atoms with van der Waals surface area (Å²) in [6, 6.07) is 21.0. The Morgan fingerprint density at radius 2 is 1.66 bits per heavy atom. The molecule has 2 aromatic rings. The molecule has 2 atom stereocenters. The van der Waals surface area contributed by atoms with Crippen molar-refractivity contribution in [1.82, 2.24) is 15.1 Å². The Kier molecular flexibility index (Phi) is 9.58. The molecule has 1 saturated carbocycles. The predicted molar refractivity (Wildman–Crippen MR) is 157 cm³/mol. The molecular weight excluding hydrogens is 490 g/mol. The zero-order valence-electron chi connectivity index (χ0n) is 22.4. The molecule has 0 radical (unpaired) electrons. The molecule has 2 saturated heterocycles. The fraction of sp³-hybridized carbons (Fsp3) is 0.500. The monoisotopic (exact) mass is 531 g/mol. The number of piperidine rings is 1. The van der Waals surface area contributed by atoms with Gasteiger partial charge in [-0.3, -0.25) is 9.59 Å². The summed E-state index contributed by atoms with van der Waals surface area (Å²) < 4.78 is 0. The Labute approximate surface area is 232 Å². The first-order valence-electron chi connectivity index (χ1n) is 14.4. The molecule has 1 N–H and O–H groups in total. The molecule has 202 valence electrons. The molecule has 2 heterocycles. The number of likely N-dealkylation sites (tertiary alicyclic amines) is 1. The van der Waals surface area contributed by atoms with E-state index in [2.05, 4.69) is 40.5 Å². The summed E-state index contributed by atoms with van der Waals surface area (Å²) in [4.78, 5) is 31.5. The van der Waals surface area contributed by atoms with Crippen LogP contribution in [0.1, 0.15) is 56.1 Å². The van der Waals surface area contributed by atoms with E-state index in [0.717, 1.165) is 61.7 Å².